The summed E-state index contributed by atoms with van der Waals surface area (Å²) in [4.78, 5) is 13.1. The number of hydrogen-bond acceptors (Lipinski definition) is 5. The smallest absolute Gasteiger partial charge is 0.248 e. The molecule has 18 heavy (non-hydrogen) atoms. The van der Waals surface area contributed by atoms with Crippen LogP contribution in [0.5, 0.6) is 0 Å². The van der Waals surface area contributed by atoms with Gasteiger partial charge in [0.1, 0.15) is 16.4 Å². The molecule has 7 heteroatoms. The number of carbonyl (C=O) groups excluding carboxylic acids is 1. The van der Waals surface area contributed by atoms with Crippen molar-refractivity contribution in [3.05, 3.63) is 0 Å². The first-order valence-electron chi connectivity index (χ1n) is 6.12. The van der Waals surface area contributed by atoms with Crippen LogP contribution in [-0.4, -0.2) is 70.6 Å². The van der Waals surface area contributed by atoms with Crippen molar-refractivity contribution in [3.63, 3.8) is 0 Å². The summed E-state index contributed by atoms with van der Waals surface area (Å²) in [6, 6.07) is 0. The average Bonchev–Trinajstić information content (AvgIpc) is 2.33. The minimum atomic E-state index is -3.03. The van der Waals surface area contributed by atoms with Crippen LogP contribution >= 0.6 is 0 Å². The van der Waals surface area contributed by atoms with E-state index in [0.717, 1.165) is 32.2 Å². The van der Waals surface area contributed by atoms with Crippen LogP contribution in [0, 0.1) is 0 Å². The number of ether oxygens (including phenoxy) is 1. The van der Waals surface area contributed by atoms with E-state index in [0.29, 0.717) is 0 Å². The number of likely N-dealkylation sites (N-methyl/N-ethyl adjacent to an activating group) is 1. The summed E-state index contributed by atoms with van der Waals surface area (Å²) in [7, 11) is -1.43. The number of hydrogen-bond donors (Lipinski definition) is 1. The number of nitrogens with one attached hydrogen (secondary N) is 1. The molecular formula is C11H22N2O4S. The van der Waals surface area contributed by atoms with Crippen molar-refractivity contribution in [1.82, 2.24) is 10.2 Å². The van der Waals surface area contributed by atoms with Crippen LogP contribution in [0.2, 0.25) is 0 Å². The summed E-state index contributed by atoms with van der Waals surface area (Å²) < 4.78 is 27.5. The van der Waals surface area contributed by atoms with E-state index in [1.54, 1.807) is 7.05 Å². The van der Waals surface area contributed by atoms with Gasteiger partial charge in [-0.1, -0.05) is 0 Å². The normalized spacial score (nSPS) is 17.7. The standard InChI is InChI=1S/C11H22N2O4S/c1-13(7-8-18(2,15)16)11(14)9-17-10-3-5-12-6-4-10/h10,12H,3-9H2,1-2H3. The molecule has 1 amide bonds. The van der Waals surface area contributed by atoms with Gasteiger partial charge in [-0.05, 0) is 25.9 Å². The van der Waals surface area contributed by atoms with Gasteiger partial charge in [0.05, 0.1) is 11.9 Å². The van der Waals surface area contributed by atoms with Gasteiger partial charge in [-0.15, -0.1) is 0 Å². The number of amides is 1. The predicted octanol–water partition coefficient (Wildman–Crippen LogP) is -0.742. The lowest BCUT2D eigenvalue weighted by atomic mass is 10.1. The summed E-state index contributed by atoms with van der Waals surface area (Å²) in [5, 5.41) is 3.22. The van der Waals surface area contributed by atoms with Crippen LogP contribution in [0.4, 0.5) is 0 Å². The van der Waals surface area contributed by atoms with Crippen molar-refractivity contribution >= 4 is 15.7 Å². The Morgan fingerprint density at radius 3 is 2.56 bits per heavy atom. The summed E-state index contributed by atoms with van der Waals surface area (Å²) in [6.45, 7) is 2.09. The fourth-order valence-electron chi connectivity index (χ4n) is 1.69. The van der Waals surface area contributed by atoms with Crippen molar-refractivity contribution in [3.8, 4) is 0 Å². The molecule has 1 rings (SSSR count). The Balaban J connectivity index is 2.22. The van der Waals surface area contributed by atoms with Gasteiger partial charge >= 0.3 is 0 Å². The quantitative estimate of drug-likeness (QED) is 0.692. The second-order valence-electron chi connectivity index (χ2n) is 4.71. The third-order valence-corrected chi connectivity index (χ3v) is 3.88. The lowest BCUT2D eigenvalue weighted by Gasteiger charge is -2.24. The van der Waals surface area contributed by atoms with E-state index in [1.165, 1.54) is 4.90 Å². The maximum Gasteiger partial charge on any atom is 0.248 e. The third-order valence-electron chi connectivity index (χ3n) is 2.95. The van der Waals surface area contributed by atoms with Gasteiger partial charge in [-0.3, -0.25) is 4.79 Å². The van der Waals surface area contributed by atoms with Crippen LogP contribution in [-0.2, 0) is 19.4 Å². The highest BCUT2D eigenvalue weighted by Crippen LogP contribution is 2.07. The van der Waals surface area contributed by atoms with Gasteiger partial charge in [-0.25, -0.2) is 8.42 Å². The number of piperidine rings is 1. The molecule has 0 atom stereocenters. The molecule has 0 saturated carbocycles. The van der Waals surface area contributed by atoms with E-state index < -0.39 is 9.84 Å². The molecule has 106 valence electrons. The number of carbonyl (C=O) groups is 1. The Hall–Kier alpha value is -0.660. The molecule has 0 spiro atoms. The van der Waals surface area contributed by atoms with Crippen LogP contribution < -0.4 is 5.32 Å². The zero-order valence-electron chi connectivity index (χ0n) is 11.0. The van der Waals surface area contributed by atoms with Crippen molar-refractivity contribution in [2.24, 2.45) is 0 Å². The zero-order chi connectivity index (χ0) is 13.6. The summed E-state index contributed by atoms with van der Waals surface area (Å²) in [5.74, 6) is -0.181. The fraction of sp³-hybridized carbons (Fsp3) is 0.909. The Labute approximate surface area is 109 Å². The van der Waals surface area contributed by atoms with Gasteiger partial charge in [0.2, 0.25) is 5.91 Å². The maximum atomic E-state index is 11.7. The van der Waals surface area contributed by atoms with E-state index >= 15 is 0 Å². The van der Waals surface area contributed by atoms with Crippen LogP contribution in [0.1, 0.15) is 12.8 Å². The van der Waals surface area contributed by atoms with Gasteiger partial charge in [0.15, 0.2) is 0 Å². The third kappa shape index (κ3) is 6.32. The molecule has 0 unspecified atom stereocenters. The highest BCUT2D eigenvalue weighted by Gasteiger charge is 2.17. The molecule has 1 fully saturated rings. The van der Waals surface area contributed by atoms with E-state index in [9.17, 15) is 13.2 Å². The van der Waals surface area contributed by atoms with Crippen molar-refractivity contribution < 1.29 is 17.9 Å². The highest BCUT2D eigenvalue weighted by atomic mass is 32.2. The highest BCUT2D eigenvalue weighted by molar-refractivity contribution is 7.90. The van der Waals surface area contributed by atoms with E-state index in [1.807, 2.05) is 0 Å². The summed E-state index contributed by atoms with van der Waals surface area (Å²) in [6.07, 6.45) is 3.14. The minimum absolute atomic E-state index is 0.0113. The molecule has 0 aromatic carbocycles. The number of rotatable bonds is 6. The monoisotopic (exact) mass is 278 g/mol. The fourth-order valence-corrected chi connectivity index (χ4v) is 2.29. The van der Waals surface area contributed by atoms with E-state index in [4.69, 9.17) is 4.74 Å². The molecule has 0 aliphatic carbocycles. The van der Waals surface area contributed by atoms with Gasteiger partial charge in [0, 0.05) is 19.8 Å². The molecule has 1 aliphatic heterocycles. The van der Waals surface area contributed by atoms with Crippen LogP contribution in [0.15, 0.2) is 0 Å². The largest absolute Gasteiger partial charge is 0.368 e. The maximum absolute atomic E-state index is 11.7. The predicted molar refractivity (Wildman–Crippen MR) is 69.2 cm³/mol. The SMILES string of the molecule is CN(CCS(C)(=O)=O)C(=O)COC1CCNCC1. The molecule has 0 aromatic rings. The molecule has 1 N–H and O–H groups in total. The Bertz CT molecular complexity index is 363. The lowest BCUT2D eigenvalue weighted by Crippen LogP contribution is -2.37. The first kappa shape index (κ1) is 15.4. The topological polar surface area (TPSA) is 75.7 Å². The van der Waals surface area contributed by atoms with Gasteiger partial charge in [-0.2, -0.15) is 0 Å². The average molecular weight is 278 g/mol. The van der Waals surface area contributed by atoms with Crippen LogP contribution in [0.25, 0.3) is 0 Å². The molecule has 0 radical (unpaired) electrons. The Morgan fingerprint density at radius 2 is 2.00 bits per heavy atom. The number of sulfone groups is 1. The van der Waals surface area contributed by atoms with Crippen LogP contribution in [0.3, 0.4) is 0 Å². The van der Waals surface area contributed by atoms with Gasteiger partial charge < -0.3 is 15.0 Å². The molecular weight excluding hydrogens is 256 g/mol. The molecule has 0 bridgehead atoms. The summed E-state index contributed by atoms with van der Waals surface area (Å²) >= 11 is 0. The molecule has 1 aliphatic rings. The molecule has 1 heterocycles. The lowest BCUT2D eigenvalue weighted by molar-refractivity contribution is -0.137. The van der Waals surface area contributed by atoms with Gasteiger partial charge in [0.25, 0.3) is 0 Å². The first-order valence-corrected chi connectivity index (χ1v) is 8.18. The second-order valence-corrected chi connectivity index (χ2v) is 6.97. The summed E-state index contributed by atoms with van der Waals surface area (Å²) in [5.41, 5.74) is 0. The molecule has 0 aromatic heterocycles. The van der Waals surface area contributed by atoms with Crippen molar-refractivity contribution in [2.75, 3.05) is 45.3 Å². The van der Waals surface area contributed by atoms with E-state index in [2.05, 4.69) is 5.32 Å². The Kier molecular flexibility index (Phi) is 6.04. The number of nitrogens with zero attached hydrogens (tertiary/aromatic N) is 1. The first-order chi connectivity index (χ1) is 8.38. The Morgan fingerprint density at radius 1 is 1.39 bits per heavy atom. The van der Waals surface area contributed by atoms with Crippen molar-refractivity contribution in [2.45, 2.75) is 18.9 Å². The molecule has 1 saturated heterocycles. The second kappa shape index (κ2) is 7.06. The zero-order valence-corrected chi connectivity index (χ0v) is 11.8. The minimum Gasteiger partial charge on any atom is -0.368 e. The molecule has 6 nitrogen and oxygen atoms in total. The van der Waals surface area contributed by atoms with E-state index in [-0.39, 0.29) is 30.9 Å². The van der Waals surface area contributed by atoms with Crippen molar-refractivity contribution in [1.29, 1.82) is 0 Å².